The van der Waals surface area contributed by atoms with E-state index in [0.717, 1.165) is 17.3 Å². The fourth-order valence-corrected chi connectivity index (χ4v) is 3.06. The van der Waals surface area contributed by atoms with E-state index in [0.29, 0.717) is 22.2 Å². The molecule has 0 aliphatic heterocycles. The molecule has 28 heavy (non-hydrogen) atoms. The van der Waals surface area contributed by atoms with Crippen molar-refractivity contribution >= 4 is 35.4 Å². The average Bonchev–Trinajstić information content (AvgIpc) is 3.15. The standard InChI is InChI=1S/C19H13ClN4O3S/c20-14-6-4-13(5-7-14)17-22-19(24-23-17)28-16(18(25)26)11-12-2-1-3-15(10-12)27-9-8-21/h1-7,10-11H,9H2,(H,25,26)(H,22,23,24)/b16-11-. The molecule has 2 aromatic carbocycles. The number of hydrogen-bond acceptors (Lipinski definition) is 6. The summed E-state index contributed by atoms with van der Waals surface area (Å²) >= 11 is 6.80. The molecule has 2 N–H and O–H groups in total. The van der Waals surface area contributed by atoms with E-state index in [1.54, 1.807) is 48.5 Å². The Hall–Kier alpha value is -3.28. The third kappa shape index (κ3) is 5.13. The molecule has 0 atom stereocenters. The molecule has 3 rings (SSSR count). The summed E-state index contributed by atoms with van der Waals surface area (Å²) in [6, 6.07) is 15.7. The second-order valence-corrected chi connectivity index (χ2v) is 6.85. The Morgan fingerprint density at radius 1 is 1.32 bits per heavy atom. The monoisotopic (exact) mass is 412 g/mol. The molecule has 0 fully saturated rings. The number of nitriles is 1. The van der Waals surface area contributed by atoms with Crippen LogP contribution in [0, 0.1) is 11.3 Å². The van der Waals surface area contributed by atoms with Crippen LogP contribution in [0.5, 0.6) is 5.75 Å². The normalized spacial score (nSPS) is 11.1. The highest BCUT2D eigenvalue weighted by Crippen LogP contribution is 2.28. The summed E-state index contributed by atoms with van der Waals surface area (Å²) in [7, 11) is 0. The van der Waals surface area contributed by atoms with Crippen LogP contribution >= 0.6 is 23.4 Å². The number of carbonyl (C=O) groups is 1. The molecule has 0 spiro atoms. The largest absolute Gasteiger partial charge is 0.479 e. The van der Waals surface area contributed by atoms with Gasteiger partial charge in [0.25, 0.3) is 0 Å². The van der Waals surface area contributed by atoms with Gasteiger partial charge in [0.2, 0.25) is 5.16 Å². The maximum atomic E-state index is 11.6. The molecule has 1 heterocycles. The van der Waals surface area contributed by atoms with Gasteiger partial charge in [-0.2, -0.15) is 5.26 Å². The summed E-state index contributed by atoms with van der Waals surface area (Å²) in [5.74, 6) is -0.116. The van der Waals surface area contributed by atoms with Crippen molar-refractivity contribution < 1.29 is 14.6 Å². The predicted octanol–water partition coefficient (Wildman–Crippen LogP) is 4.25. The Balaban J connectivity index is 1.80. The molecule has 0 radical (unpaired) electrons. The Bertz CT molecular complexity index is 1060. The van der Waals surface area contributed by atoms with Gasteiger partial charge in [0.15, 0.2) is 12.4 Å². The van der Waals surface area contributed by atoms with Gasteiger partial charge in [0.1, 0.15) is 16.7 Å². The number of aromatic nitrogens is 3. The number of aliphatic carboxylic acids is 1. The molecule has 1 aromatic heterocycles. The molecule has 0 saturated heterocycles. The SMILES string of the molecule is N#CCOc1cccc(/C=C(\Sc2n[nH]c(-c3ccc(Cl)cc3)n2)C(=O)O)c1. The van der Waals surface area contributed by atoms with E-state index in [9.17, 15) is 9.90 Å². The molecular weight excluding hydrogens is 400 g/mol. The van der Waals surface area contributed by atoms with Gasteiger partial charge in [0, 0.05) is 10.6 Å². The molecule has 0 amide bonds. The lowest BCUT2D eigenvalue weighted by atomic mass is 10.2. The predicted molar refractivity (Wildman–Crippen MR) is 106 cm³/mol. The Morgan fingerprint density at radius 3 is 2.82 bits per heavy atom. The summed E-state index contributed by atoms with van der Waals surface area (Å²) in [4.78, 5) is 16.0. The number of nitrogens with zero attached hydrogens (tertiary/aromatic N) is 3. The van der Waals surface area contributed by atoms with Crippen LogP contribution in [0.25, 0.3) is 17.5 Å². The van der Waals surface area contributed by atoms with Crippen molar-refractivity contribution in [2.45, 2.75) is 5.16 Å². The summed E-state index contributed by atoms with van der Waals surface area (Å²) in [5, 5.41) is 25.8. The summed E-state index contributed by atoms with van der Waals surface area (Å²) < 4.78 is 5.23. The number of thioether (sulfide) groups is 1. The van der Waals surface area contributed by atoms with Crippen LogP contribution in [-0.2, 0) is 4.79 Å². The van der Waals surface area contributed by atoms with Gasteiger partial charge in [-0.15, -0.1) is 5.10 Å². The maximum Gasteiger partial charge on any atom is 0.342 e. The number of aromatic amines is 1. The summed E-state index contributed by atoms with van der Waals surface area (Å²) in [6.07, 6.45) is 1.49. The summed E-state index contributed by atoms with van der Waals surface area (Å²) in [6.45, 7) is -0.0850. The lowest BCUT2D eigenvalue weighted by molar-refractivity contribution is -0.131. The van der Waals surface area contributed by atoms with Gasteiger partial charge in [-0.1, -0.05) is 23.7 Å². The van der Waals surface area contributed by atoms with E-state index in [2.05, 4.69) is 15.2 Å². The molecule has 9 heteroatoms. The van der Waals surface area contributed by atoms with E-state index in [4.69, 9.17) is 21.6 Å². The van der Waals surface area contributed by atoms with Crippen molar-refractivity contribution in [1.29, 1.82) is 5.26 Å². The molecule has 0 bridgehead atoms. The number of hydrogen-bond donors (Lipinski definition) is 2. The minimum absolute atomic E-state index is 0.0408. The lowest BCUT2D eigenvalue weighted by Crippen LogP contribution is -1.98. The van der Waals surface area contributed by atoms with Gasteiger partial charge >= 0.3 is 5.97 Å². The maximum absolute atomic E-state index is 11.6. The third-order valence-electron chi connectivity index (χ3n) is 3.45. The zero-order chi connectivity index (χ0) is 19.9. The fraction of sp³-hybridized carbons (Fsp3) is 0.0526. The van der Waals surface area contributed by atoms with E-state index >= 15 is 0 Å². The highest BCUT2D eigenvalue weighted by Gasteiger charge is 2.14. The van der Waals surface area contributed by atoms with Crippen LogP contribution in [0.2, 0.25) is 5.02 Å². The Kier molecular flexibility index (Phi) is 6.32. The zero-order valence-electron chi connectivity index (χ0n) is 14.3. The van der Waals surface area contributed by atoms with Crippen molar-refractivity contribution in [2.24, 2.45) is 0 Å². The van der Waals surface area contributed by atoms with E-state index < -0.39 is 5.97 Å². The van der Waals surface area contributed by atoms with Crippen LogP contribution < -0.4 is 4.74 Å². The quantitative estimate of drug-likeness (QED) is 0.440. The molecule has 0 unspecified atom stereocenters. The number of halogens is 1. The zero-order valence-corrected chi connectivity index (χ0v) is 15.9. The smallest absolute Gasteiger partial charge is 0.342 e. The number of H-pyrrole nitrogens is 1. The highest BCUT2D eigenvalue weighted by molar-refractivity contribution is 8.04. The van der Waals surface area contributed by atoms with E-state index in [1.165, 1.54) is 6.08 Å². The van der Waals surface area contributed by atoms with Gasteiger partial charge in [-0.25, -0.2) is 9.78 Å². The first kappa shape index (κ1) is 19.5. The van der Waals surface area contributed by atoms with E-state index in [-0.39, 0.29) is 16.7 Å². The third-order valence-corrected chi connectivity index (χ3v) is 4.58. The average molecular weight is 413 g/mol. The second kappa shape index (κ2) is 9.08. The van der Waals surface area contributed by atoms with Crippen LogP contribution in [0.1, 0.15) is 5.56 Å². The molecule has 7 nitrogen and oxygen atoms in total. The molecular formula is C19H13ClN4O3S. The number of ether oxygens (including phenoxy) is 1. The topological polar surface area (TPSA) is 112 Å². The van der Waals surface area contributed by atoms with Crippen molar-refractivity contribution in [3.63, 3.8) is 0 Å². The van der Waals surface area contributed by atoms with Crippen LogP contribution in [0.15, 0.2) is 58.6 Å². The number of benzene rings is 2. The van der Waals surface area contributed by atoms with Crippen molar-refractivity contribution in [2.75, 3.05) is 6.61 Å². The van der Waals surface area contributed by atoms with Crippen molar-refractivity contribution in [1.82, 2.24) is 15.2 Å². The number of carboxylic acids is 1. The minimum Gasteiger partial charge on any atom is -0.479 e. The first-order valence-electron chi connectivity index (χ1n) is 7.96. The molecule has 3 aromatic rings. The van der Waals surface area contributed by atoms with Crippen LogP contribution in [0.4, 0.5) is 0 Å². The van der Waals surface area contributed by atoms with Crippen molar-refractivity contribution in [3.8, 4) is 23.2 Å². The van der Waals surface area contributed by atoms with E-state index in [1.807, 2.05) is 6.07 Å². The van der Waals surface area contributed by atoms with Crippen molar-refractivity contribution in [3.05, 3.63) is 64.0 Å². The Labute approximate surface area is 169 Å². The number of nitrogens with one attached hydrogen (secondary N) is 1. The second-order valence-electron chi connectivity index (χ2n) is 5.41. The highest BCUT2D eigenvalue weighted by atomic mass is 35.5. The first-order valence-corrected chi connectivity index (χ1v) is 9.15. The molecule has 0 aliphatic rings. The number of rotatable bonds is 7. The molecule has 140 valence electrons. The molecule has 0 aliphatic carbocycles. The van der Waals surface area contributed by atoms with Gasteiger partial charge in [-0.05, 0) is 59.8 Å². The van der Waals surface area contributed by atoms with Crippen LogP contribution in [-0.4, -0.2) is 32.9 Å². The first-order chi connectivity index (χ1) is 13.5. The number of carboxylic acid groups (broad SMARTS) is 1. The lowest BCUT2D eigenvalue weighted by Gasteiger charge is -2.03. The summed E-state index contributed by atoms with van der Waals surface area (Å²) in [5.41, 5.74) is 1.40. The fourth-order valence-electron chi connectivity index (χ4n) is 2.22. The van der Waals surface area contributed by atoms with Gasteiger partial charge in [0.05, 0.1) is 0 Å². The minimum atomic E-state index is -1.11. The molecule has 0 saturated carbocycles. The van der Waals surface area contributed by atoms with Gasteiger partial charge < -0.3 is 9.84 Å². The van der Waals surface area contributed by atoms with Crippen LogP contribution in [0.3, 0.4) is 0 Å². The van der Waals surface area contributed by atoms with Gasteiger partial charge in [-0.3, -0.25) is 5.10 Å². The Morgan fingerprint density at radius 2 is 2.11 bits per heavy atom.